The van der Waals surface area contributed by atoms with Crippen molar-refractivity contribution < 1.29 is 4.92 Å². The lowest BCUT2D eigenvalue weighted by molar-refractivity contribution is -0.384. The maximum Gasteiger partial charge on any atom is 0.271 e. The Labute approximate surface area is 79.5 Å². The van der Waals surface area contributed by atoms with Gasteiger partial charge in [-0.1, -0.05) is 0 Å². The summed E-state index contributed by atoms with van der Waals surface area (Å²) < 4.78 is 0. The fourth-order valence-corrected chi connectivity index (χ4v) is 1.08. The van der Waals surface area contributed by atoms with Crippen LogP contribution >= 0.6 is 11.6 Å². The highest BCUT2D eigenvalue weighted by atomic mass is 35.5. The number of rotatable bonds is 2. The van der Waals surface area contributed by atoms with Gasteiger partial charge in [-0.3, -0.25) is 10.1 Å². The minimum Gasteiger partial charge on any atom is -0.258 e. The monoisotopic (exact) mass is 196 g/mol. The Hall–Kier alpha value is -1.60. The number of nitriles is 1. The number of nitro benzene ring substituents is 1. The number of hydrogen-bond acceptors (Lipinski definition) is 3. The van der Waals surface area contributed by atoms with Crippen LogP contribution in [0.5, 0.6) is 0 Å². The van der Waals surface area contributed by atoms with Crippen molar-refractivity contribution in [2.75, 3.05) is 0 Å². The molecule has 13 heavy (non-hydrogen) atoms. The zero-order valence-electron chi connectivity index (χ0n) is 6.53. The van der Waals surface area contributed by atoms with Gasteiger partial charge in [0.2, 0.25) is 0 Å². The van der Waals surface area contributed by atoms with Crippen molar-refractivity contribution in [1.82, 2.24) is 0 Å². The van der Waals surface area contributed by atoms with Crippen LogP contribution < -0.4 is 0 Å². The summed E-state index contributed by atoms with van der Waals surface area (Å²) in [6, 6.07) is 5.93. The number of non-ortho nitro benzene ring substituents is 1. The van der Waals surface area contributed by atoms with E-state index in [0.29, 0.717) is 5.56 Å². The number of nitro groups is 1. The SMILES string of the molecule is N#Cc1cc(CCl)cc([N+](=O)[O-])c1. The van der Waals surface area contributed by atoms with E-state index in [1.165, 1.54) is 18.2 Å². The molecular weight excluding hydrogens is 192 g/mol. The van der Waals surface area contributed by atoms with Crippen molar-refractivity contribution in [2.45, 2.75) is 5.88 Å². The Morgan fingerprint density at radius 2 is 2.23 bits per heavy atom. The lowest BCUT2D eigenvalue weighted by Crippen LogP contribution is -1.91. The lowest BCUT2D eigenvalue weighted by Gasteiger charge is -1.96. The van der Waals surface area contributed by atoms with Gasteiger partial charge in [-0.2, -0.15) is 5.26 Å². The van der Waals surface area contributed by atoms with E-state index in [9.17, 15) is 10.1 Å². The first-order valence-electron chi connectivity index (χ1n) is 3.42. The molecule has 0 heterocycles. The van der Waals surface area contributed by atoms with Gasteiger partial charge in [0.15, 0.2) is 0 Å². The van der Waals surface area contributed by atoms with E-state index in [2.05, 4.69) is 0 Å². The van der Waals surface area contributed by atoms with E-state index < -0.39 is 4.92 Å². The summed E-state index contributed by atoms with van der Waals surface area (Å²) in [5.74, 6) is 0.163. The van der Waals surface area contributed by atoms with Gasteiger partial charge >= 0.3 is 0 Å². The Bertz CT molecular complexity index is 384. The molecule has 0 N–H and O–H groups in total. The van der Waals surface area contributed by atoms with Crippen LogP contribution in [0.3, 0.4) is 0 Å². The summed E-state index contributed by atoms with van der Waals surface area (Å²) in [6.45, 7) is 0. The standard InChI is InChI=1S/C8H5ClN2O2/c9-4-6-1-7(5-10)3-8(2-6)11(12)13/h1-3H,4H2. The van der Waals surface area contributed by atoms with Crippen LogP contribution in [-0.2, 0) is 5.88 Å². The Kier molecular flexibility index (Phi) is 2.83. The third kappa shape index (κ3) is 2.17. The van der Waals surface area contributed by atoms with Gasteiger partial charge in [-0.25, -0.2) is 0 Å². The normalized spacial score (nSPS) is 9.23. The number of hydrogen-bond donors (Lipinski definition) is 0. The minimum absolute atomic E-state index is 0.102. The zero-order valence-corrected chi connectivity index (χ0v) is 7.28. The average molecular weight is 197 g/mol. The number of nitrogens with zero attached hydrogens (tertiary/aromatic N) is 2. The lowest BCUT2D eigenvalue weighted by atomic mass is 10.1. The second-order valence-corrected chi connectivity index (χ2v) is 2.66. The van der Waals surface area contributed by atoms with Gasteiger partial charge in [0.1, 0.15) is 0 Å². The summed E-state index contributed by atoms with van der Waals surface area (Å²) in [5, 5.41) is 18.9. The van der Waals surface area contributed by atoms with Crippen molar-refractivity contribution in [2.24, 2.45) is 0 Å². The highest BCUT2D eigenvalue weighted by Crippen LogP contribution is 2.17. The molecule has 1 aromatic carbocycles. The highest BCUT2D eigenvalue weighted by Gasteiger charge is 2.08. The molecule has 0 bridgehead atoms. The fourth-order valence-electron chi connectivity index (χ4n) is 0.921. The van der Waals surface area contributed by atoms with Crippen molar-refractivity contribution in [3.8, 4) is 6.07 Å². The molecule has 0 aliphatic carbocycles. The number of halogens is 1. The molecule has 0 saturated heterocycles. The summed E-state index contributed by atoms with van der Waals surface area (Å²) in [5.41, 5.74) is 0.729. The Morgan fingerprint density at radius 3 is 2.69 bits per heavy atom. The van der Waals surface area contributed by atoms with Crippen molar-refractivity contribution >= 4 is 17.3 Å². The molecule has 0 aliphatic heterocycles. The van der Waals surface area contributed by atoms with E-state index in [4.69, 9.17) is 16.9 Å². The second kappa shape index (κ2) is 3.87. The van der Waals surface area contributed by atoms with Crippen LogP contribution in [0.15, 0.2) is 18.2 Å². The largest absolute Gasteiger partial charge is 0.271 e. The second-order valence-electron chi connectivity index (χ2n) is 2.39. The molecule has 4 nitrogen and oxygen atoms in total. The molecule has 1 aromatic rings. The van der Waals surface area contributed by atoms with E-state index in [1.807, 2.05) is 6.07 Å². The topological polar surface area (TPSA) is 66.9 Å². The van der Waals surface area contributed by atoms with E-state index in [1.54, 1.807) is 0 Å². The molecule has 0 aromatic heterocycles. The predicted molar refractivity (Wildman–Crippen MR) is 47.4 cm³/mol. The molecular formula is C8H5ClN2O2. The molecule has 0 fully saturated rings. The molecule has 0 atom stereocenters. The minimum atomic E-state index is -0.545. The van der Waals surface area contributed by atoms with Crippen LogP contribution in [0.4, 0.5) is 5.69 Å². The van der Waals surface area contributed by atoms with Crippen molar-refractivity contribution in [1.29, 1.82) is 5.26 Å². The Balaban J connectivity index is 3.24. The first-order chi connectivity index (χ1) is 6.17. The molecule has 0 unspecified atom stereocenters. The first-order valence-corrected chi connectivity index (χ1v) is 3.95. The first kappa shape index (κ1) is 9.49. The van der Waals surface area contributed by atoms with Gasteiger partial charge in [0.25, 0.3) is 5.69 Å². The van der Waals surface area contributed by atoms with Crippen LogP contribution in [0.1, 0.15) is 11.1 Å². The molecule has 0 saturated carbocycles. The van der Waals surface area contributed by atoms with Gasteiger partial charge in [0, 0.05) is 18.0 Å². The highest BCUT2D eigenvalue weighted by molar-refractivity contribution is 6.17. The van der Waals surface area contributed by atoms with Crippen molar-refractivity contribution in [3.05, 3.63) is 39.4 Å². The van der Waals surface area contributed by atoms with E-state index >= 15 is 0 Å². The summed E-state index contributed by atoms with van der Waals surface area (Å²) in [6.07, 6.45) is 0. The maximum absolute atomic E-state index is 10.4. The van der Waals surface area contributed by atoms with Gasteiger partial charge in [0.05, 0.1) is 16.6 Å². The van der Waals surface area contributed by atoms with Gasteiger partial charge < -0.3 is 0 Å². The summed E-state index contributed by atoms with van der Waals surface area (Å²) >= 11 is 5.50. The molecule has 0 aliphatic rings. The van der Waals surface area contributed by atoms with Crippen LogP contribution in [0.2, 0.25) is 0 Å². The molecule has 1 rings (SSSR count). The third-order valence-corrected chi connectivity index (χ3v) is 1.78. The molecule has 5 heteroatoms. The quantitative estimate of drug-likeness (QED) is 0.414. The fraction of sp³-hybridized carbons (Fsp3) is 0.125. The van der Waals surface area contributed by atoms with Crippen molar-refractivity contribution in [3.63, 3.8) is 0 Å². The Morgan fingerprint density at radius 1 is 1.54 bits per heavy atom. The van der Waals surface area contributed by atoms with Gasteiger partial charge in [-0.05, 0) is 11.6 Å². The number of benzene rings is 1. The molecule has 66 valence electrons. The third-order valence-electron chi connectivity index (χ3n) is 1.47. The van der Waals surface area contributed by atoms with E-state index in [0.717, 1.165) is 0 Å². The van der Waals surface area contributed by atoms with Crippen LogP contribution in [0, 0.1) is 21.4 Å². The van der Waals surface area contributed by atoms with Gasteiger partial charge in [-0.15, -0.1) is 11.6 Å². The van der Waals surface area contributed by atoms with Crippen LogP contribution in [-0.4, -0.2) is 4.92 Å². The number of alkyl halides is 1. The average Bonchev–Trinajstić information content (AvgIpc) is 2.16. The van der Waals surface area contributed by atoms with Crippen LogP contribution in [0.25, 0.3) is 0 Å². The summed E-state index contributed by atoms with van der Waals surface area (Å²) in [4.78, 5) is 9.85. The maximum atomic E-state index is 10.4. The smallest absolute Gasteiger partial charge is 0.258 e. The molecule has 0 spiro atoms. The molecule has 0 radical (unpaired) electrons. The predicted octanol–water partition coefficient (Wildman–Crippen LogP) is 2.21. The van der Waals surface area contributed by atoms with E-state index in [-0.39, 0.29) is 17.1 Å². The zero-order chi connectivity index (χ0) is 9.84. The summed E-state index contributed by atoms with van der Waals surface area (Å²) in [7, 11) is 0. The molecule has 0 amide bonds.